The molecule has 7 rings (SSSR count). The summed E-state index contributed by atoms with van der Waals surface area (Å²) in [5, 5.41) is 10.9. The molecule has 3 unspecified atom stereocenters. The van der Waals surface area contributed by atoms with Crippen LogP contribution in [0.3, 0.4) is 0 Å². The predicted molar refractivity (Wildman–Crippen MR) is 105 cm³/mol. The lowest BCUT2D eigenvalue weighted by atomic mass is 9.42. The maximum absolute atomic E-state index is 14.1. The van der Waals surface area contributed by atoms with Gasteiger partial charge < -0.3 is 10.1 Å². The van der Waals surface area contributed by atoms with Crippen molar-refractivity contribution in [1.82, 2.24) is 15.0 Å². The Labute approximate surface area is 163 Å². The number of aromatic hydroxyl groups is 1. The highest BCUT2D eigenvalue weighted by atomic mass is 16.3. The molecular weight excluding hydrogens is 350 g/mol. The van der Waals surface area contributed by atoms with Gasteiger partial charge in [-0.2, -0.15) is 0 Å². The first-order chi connectivity index (χ1) is 13.6. The van der Waals surface area contributed by atoms with Crippen molar-refractivity contribution in [3.8, 4) is 5.75 Å². The summed E-state index contributed by atoms with van der Waals surface area (Å²) in [6, 6.07) is 9.48. The summed E-state index contributed by atoms with van der Waals surface area (Å²) in [6.45, 7) is 0. The maximum atomic E-state index is 14.1. The molecular formula is C23H23N3O2. The fraction of sp³-hybridized carbons (Fsp3) is 0.435. The molecule has 0 spiro atoms. The fourth-order valence-electron chi connectivity index (χ4n) is 6.97. The standard InChI is InChI=1S/C23H23N3O2/c27-17-3-1-2-15(9-17)19-16-7-13-6-14(8-16)11-23(19,10-13)21(28)20-18-4-5-24-22(18)26-12-25-20/h1-5,9,12-14,16,19,27H,6-8,10-11H2,(H,24,25,26). The van der Waals surface area contributed by atoms with Crippen molar-refractivity contribution in [2.75, 3.05) is 0 Å². The smallest absolute Gasteiger partial charge is 0.188 e. The zero-order valence-electron chi connectivity index (χ0n) is 15.6. The molecule has 5 nitrogen and oxygen atoms in total. The van der Waals surface area contributed by atoms with E-state index in [1.165, 1.54) is 25.6 Å². The lowest BCUT2D eigenvalue weighted by Crippen LogP contribution is -2.55. The normalized spacial score (nSPS) is 33.4. The van der Waals surface area contributed by atoms with Crippen LogP contribution in [-0.4, -0.2) is 25.8 Å². The second-order valence-corrected chi connectivity index (χ2v) is 9.13. The summed E-state index contributed by atoms with van der Waals surface area (Å²) in [4.78, 5) is 25.9. The van der Waals surface area contributed by atoms with E-state index in [-0.39, 0.29) is 17.5 Å². The van der Waals surface area contributed by atoms with E-state index in [2.05, 4.69) is 21.0 Å². The van der Waals surface area contributed by atoms with Gasteiger partial charge in [0, 0.05) is 17.0 Å². The average molecular weight is 373 g/mol. The number of ketones is 1. The van der Waals surface area contributed by atoms with E-state index in [0.717, 1.165) is 29.4 Å². The largest absolute Gasteiger partial charge is 0.508 e. The number of Topliss-reactive ketones (excluding diaryl/α,β-unsaturated/α-hetero) is 1. The van der Waals surface area contributed by atoms with Crippen LogP contribution in [0.1, 0.15) is 54.1 Å². The highest BCUT2D eigenvalue weighted by Gasteiger charge is 2.61. The number of hydrogen-bond donors (Lipinski definition) is 2. The first-order valence-corrected chi connectivity index (χ1v) is 10.3. The summed E-state index contributed by atoms with van der Waals surface area (Å²) in [6.07, 6.45) is 8.87. The quantitative estimate of drug-likeness (QED) is 0.665. The molecule has 0 amide bonds. The topological polar surface area (TPSA) is 78.9 Å². The number of phenolic OH excluding ortho intramolecular Hbond substituents is 1. The molecule has 3 aromatic rings. The minimum Gasteiger partial charge on any atom is -0.508 e. The SMILES string of the molecule is O=C(c1ncnc2[nH]ccc12)C12CC3CC(CC(C3)C1c1cccc(O)c1)C2. The Hall–Kier alpha value is -2.69. The number of fused-ring (bicyclic) bond motifs is 1. The Morgan fingerprint density at radius 1 is 1.11 bits per heavy atom. The Morgan fingerprint density at radius 2 is 1.93 bits per heavy atom. The van der Waals surface area contributed by atoms with Gasteiger partial charge in [-0.05, 0) is 79.5 Å². The second kappa shape index (κ2) is 5.66. The molecule has 2 N–H and O–H groups in total. The van der Waals surface area contributed by atoms with Crippen LogP contribution in [0.2, 0.25) is 0 Å². The van der Waals surface area contributed by atoms with Gasteiger partial charge in [0.25, 0.3) is 0 Å². The Morgan fingerprint density at radius 3 is 2.71 bits per heavy atom. The predicted octanol–water partition coefficient (Wildman–Crippen LogP) is 4.46. The van der Waals surface area contributed by atoms with Crippen molar-refractivity contribution in [3.63, 3.8) is 0 Å². The number of H-pyrrole nitrogens is 1. The molecule has 4 fully saturated rings. The molecule has 2 aromatic heterocycles. The Bertz CT molecular complexity index is 1070. The van der Waals surface area contributed by atoms with Crippen molar-refractivity contribution in [3.05, 3.63) is 54.1 Å². The number of benzene rings is 1. The van der Waals surface area contributed by atoms with E-state index in [1.54, 1.807) is 6.07 Å². The summed E-state index contributed by atoms with van der Waals surface area (Å²) >= 11 is 0. The van der Waals surface area contributed by atoms with Gasteiger partial charge in [-0.25, -0.2) is 9.97 Å². The van der Waals surface area contributed by atoms with Gasteiger partial charge in [-0.1, -0.05) is 12.1 Å². The van der Waals surface area contributed by atoms with Crippen LogP contribution in [0.25, 0.3) is 11.0 Å². The van der Waals surface area contributed by atoms with Crippen molar-refractivity contribution in [2.24, 2.45) is 23.2 Å². The van der Waals surface area contributed by atoms with Gasteiger partial charge in [0.2, 0.25) is 0 Å². The van der Waals surface area contributed by atoms with E-state index < -0.39 is 5.41 Å². The summed E-state index contributed by atoms with van der Waals surface area (Å²) in [5.41, 5.74) is 1.97. The Balaban J connectivity index is 1.53. The molecule has 28 heavy (non-hydrogen) atoms. The monoisotopic (exact) mass is 373 g/mol. The molecule has 3 atom stereocenters. The van der Waals surface area contributed by atoms with Gasteiger partial charge in [-0.3, -0.25) is 4.79 Å². The van der Waals surface area contributed by atoms with Crippen molar-refractivity contribution in [2.45, 2.75) is 38.0 Å². The zero-order valence-corrected chi connectivity index (χ0v) is 15.6. The number of aromatic nitrogens is 3. The number of hydrogen-bond acceptors (Lipinski definition) is 4. The fourth-order valence-corrected chi connectivity index (χ4v) is 6.97. The number of phenols is 1. The molecule has 0 saturated heterocycles. The van der Waals surface area contributed by atoms with Crippen LogP contribution < -0.4 is 0 Å². The first kappa shape index (κ1) is 16.3. The van der Waals surface area contributed by atoms with Crippen molar-refractivity contribution < 1.29 is 9.90 Å². The first-order valence-electron chi connectivity index (χ1n) is 10.3. The van der Waals surface area contributed by atoms with Crippen LogP contribution in [0.5, 0.6) is 5.75 Å². The summed E-state index contributed by atoms with van der Waals surface area (Å²) < 4.78 is 0. The third-order valence-corrected chi connectivity index (χ3v) is 7.56. The molecule has 4 saturated carbocycles. The van der Waals surface area contributed by atoms with Crippen LogP contribution in [0, 0.1) is 23.2 Å². The van der Waals surface area contributed by atoms with Crippen LogP contribution in [0.4, 0.5) is 0 Å². The highest BCUT2D eigenvalue weighted by Crippen LogP contribution is 2.67. The van der Waals surface area contributed by atoms with E-state index in [0.29, 0.717) is 23.4 Å². The number of aromatic amines is 1. The van der Waals surface area contributed by atoms with E-state index in [9.17, 15) is 9.90 Å². The minimum absolute atomic E-state index is 0.156. The van der Waals surface area contributed by atoms with Crippen LogP contribution in [-0.2, 0) is 0 Å². The number of carbonyl (C=O) groups is 1. The number of carbonyl (C=O) groups excluding carboxylic acids is 1. The van der Waals surface area contributed by atoms with Gasteiger partial charge in [0.15, 0.2) is 5.78 Å². The third-order valence-electron chi connectivity index (χ3n) is 7.56. The summed E-state index contributed by atoms with van der Waals surface area (Å²) in [7, 11) is 0. The molecule has 1 aromatic carbocycles. The van der Waals surface area contributed by atoms with Gasteiger partial charge >= 0.3 is 0 Å². The maximum Gasteiger partial charge on any atom is 0.188 e. The zero-order chi connectivity index (χ0) is 18.9. The van der Waals surface area contributed by atoms with Crippen molar-refractivity contribution in [1.29, 1.82) is 0 Å². The number of nitrogens with one attached hydrogen (secondary N) is 1. The third kappa shape index (κ3) is 2.16. The number of nitrogens with zero attached hydrogens (tertiary/aromatic N) is 2. The van der Waals surface area contributed by atoms with Crippen LogP contribution in [0.15, 0.2) is 42.9 Å². The number of rotatable bonds is 3. The average Bonchev–Trinajstić information content (AvgIpc) is 3.15. The lowest BCUT2D eigenvalue weighted by Gasteiger charge is -2.60. The van der Waals surface area contributed by atoms with E-state index in [4.69, 9.17) is 0 Å². The molecule has 4 aliphatic carbocycles. The van der Waals surface area contributed by atoms with Crippen molar-refractivity contribution >= 4 is 16.8 Å². The van der Waals surface area contributed by atoms with E-state index in [1.807, 2.05) is 24.4 Å². The molecule has 2 heterocycles. The van der Waals surface area contributed by atoms with E-state index >= 15 is 0 Å². The molecule has 0 radical (unpaired) electrons. The molecule has 4 bridgehead atoms. The molecule has 142 valence electrons. The second-order valence-electron chi connectivity index (χ2n) is 9.13. The summed E-state index contributed by atoms with van der Waals surface area (Å²) in [5.74, 6) is 2.40. The Kier molecular flexibility index (Phi) is 3.29. The highest BCUT2D eigenvalue weighted by molar-refractivity contribution is 6.08. The molecule has 0 aliphatic heterocycles. The van der Waals surface area contributed by atoms with Crippen LogP contribution >= 0.6 is 0 Å². The van der Waals surface area contributed by atoms with Gasteiger partial charge in [0.1, 0.15) is 23.4 Å². The van der Waals surface area contributed by atoms with Gasteiger partial charge in [0.05, 0.1) is 0 Å². The molecule has 4 aliphatic rings. The minimum atomic E-state index is -0.416. The molecule has 5 heteroatoms. The van der Waals surface area contributed by atoms with Gasteiger partial charge in [-0.15, -0.1) is 0 Å². The lowest BCUT2D eigenvalue weighted by molar-refractivity contribution is -0.0556.